The molecule has 3 aromatic rings. The summed E-state index contributed by atoms with van der Waals surface area (Å²) in [4.78, 5) is 25.0. The van der Waals surface area contributed by atoms with Gasteiger partial charge in [-0.1, -0.05) is 54.4 Å². The lowest BCUT2D eigenvalue weighted by Gasteiger charge is -2.17. The van der Waals surface area contributed by atoms with Gasteiger partial charge < -0.3 is 15.4 Å². The minimum absolute atomic E-state index is 0.0597. The van der Waals surface area contributed by atoms with Gasteiger partial charge in [-0.05, 0) is 36.2 Å². The van der Waals surface area contributed by atoms with Crippen molar-refractivity contribution in [2.45, 2.75) is 25.8 Å². The van der Waals surface area contributed by atoms with Crippen molar-refractivity contribution < 1.29 is 18.9 Å². The number of rotatable bonds is 9. The van der Waals surface area contributed by atoms with Crippen molar-refractivity contribution in [3.63, 3.8) is 0 Å². The van der Waals surface area contributed by atoms with Crippen LogP contribution < -0.4 is 15.2 Å². The summed E-state index contributed by atoms with van der Waals surface area (Å²) in [5.74, 6) is -0.603. The highest BCUT2D eigenvalue weighted by molar-refractivity contribution is 6.39. The first-order chi connectivity index (χ1) is 15.9. The smallest absolute Gasteiger partial charge is 0.310 e. The molecule has 0 aliphatic heterocycles. The predicted octanol–water partition coefficient (Wildman–Crippen LogP) is 4.86. The van der Waals surface area contributed by atoms with E-state index >= 15 is 0 Å². The molecular weight excluding hydrogens is 461 g/mol. The second-order valence-corrected chi connectivity index (χ2v) is 8.39. The van der Waals surface area contributed by atoms with Crippen LogP contribution in [0, 0.1) is 0 Å². The largest absolute Gasteiger partial charge is 0.463 e. The van der Waals surface area contributed by atoms with Gasteiger partial charge in [-0.15, -0.1) is 0 Å². The Hall–Kier alpha value is -3.09. The standard InChI is InChI=1S/C25H25Cl2N3O3/c1-3-19(28-25(32)18-9-7-13-30(2)15-18)16-33-23(31)14-17-8-4-5-12-22(17)29-24-20(26)10-6-11-21(24)27/h4-13,15,19,29H,3,14,16H2,1-2H3/p+1. The number of anilines is 2. The molecule has 0 saturated heterocycles. The highest BCUT2D eigenvalue weighted by Crippen LogP contribution is 2.33. The highest BCUT2D eigenvalue weighted by Gasteiger charge is 2.17. The zero-order chi connectivity index (χ0) is 23.8. The summed E-state index contributed by atoms with van der Waals surface area (Å²) >= 11 is 12.5. The van der Waals surface area contributed by atoms with Gasteiger partial charge in [0.1, 0.15) is 19.2 Å². The SMILES string of the molecule is CCC(COC(=O)Cc1ccccc1Nc1c(Cl)cccc1Cl)NC(=O)c1ccc[n+](C)c1. The van der Waals surface area contributed by atoms with E-state index in [-0.39, 0.29) is 25.0 Å². The van der Waals surface area contributed by atoms with Crippen LogP contribution in [0.1, 0.15) is 29.3 Å². The van der Waals surface area contributed by atoms with Crippen LogP contribution in [-0.2, 0) is 23.0 Å². The zero-order valence-electron chi connectivity index (χ0n) is 18.5. The van der Waals surface area contributed by atoms with Crippen LogP contribution in [0.2, 0.25) is 10.0 Å². The van der Waals surface area contributed by atoms with Gasteiger partial charge in [0, 0.05) is 11.8 Å². The maximum Gasteiger partial charge on any atom is 0.310 e. The molecule has 1 amide bonds. The van der Waals surface area contributed by atoms with Crippen LogP contribution in [0.25, 0.3) is 0 Å². The normalized spacial score (nSPS) is 11.5. The Kier molecular flexibility index (Phi) is 8.69. The zero-order valence-corrected chi connectivity index (χ0v) is 20.0. The molecule has 2 aromatic carbocycles. The third kappa shape index (κ3) is 6.94. The molecule has 0 radical (unpaired) electrons. The molecule has 0 bridgehead atoms. The fourth-order valence-electron chi connectivity index (χ4n) is 3.20. The molecule has 1 unspecified atom stereocenters. The Bertz CT molecular complexity index is 1120. The first kappa shape index (κ1) is 24.6. The van der Waals surface area contributed by atoms with Gasteiger partial charge in [-0.3, -0.25) is 9.59 Å². The van der Waals surface area contributed by atoms with E-state index in [4.69, 9.17) is 27.9 Å². The summed E-state index contributed by atoms with van der Waals surface area (Å²) in [7, 11) is 1.85. The number of pyridine rings is 1. The fourth-order valence-corrected chi connectivity index (χ4v) is 3.69. The second kappa shape index (κ2) is 11.7. The van der Waals surface area contributed by atoms with Gasteiger partial charge >= 0.3 is 5.97 Å². The number of esters is 1. The maximum absolute atomic E-state index is 12.6. The summed E-state index contributed by atoms with van der Waals surface area (Å²) in [5.41, 5.74) is 2.57. The number of para-hydroxylation sites is 2. The van der Waals surface area contributed by atoms with Crippen LogP contribution >= 0.6 is 23.2 Å². The number of hydrogen-bond acceptors (Lipinski definition) is 4. The van der Waals surface area contributed by atoms with Crippen LogP contribution in [0.5, 0.6) is 0 Å². The van der Waals surface area contributed by atoms with E-state index in [1.807, 2.05) is 44.4 Å². The van der Waals surface area contributed by atoms with E-state index in [1.165, 1.54) is 0 Å². The number of aryl methyl sites for hydroxylation is 1. The molecule has 0 saturated carbocycles. The second-order valence-electron chi connectivity index (χ2n) is 7.58. The summed E-state index contributed by atoms with van der Waals surface area (Å²) in [6.07, 6.45) is 4.27. The molecular formula is C25H26Cl2N3O3+. The van der Waals surface area contributed by atoms with Crippen LogP contribution in [-0.4, -0.2) is 24.5 Å². The molecule has 1 atom stereocenters. The Morgan fingerprint density at radius 3 is 2.45 bits per heavy atom. The van der Waals surface area contributed by atoms with Crippen molar-refractivity contribution in [1.82, 2.24) is 5.32 Å². The lowest BCUT2D eigenvalue weighted by Crippen LogP contribution is -2.39. The molecule has 3 rings (SSSR count). The molecule has 0 spiro atoms. The summed E-state index contributed by atoms with van der Waals surface area (Å²) < 4.78 is 7.28. The molecule has 1 heterocycles. The van der Waals surface area contributed by atoms with Crippen molar-refractivity contribution in [3.05, 3.63) is 88.2 Å². The molecule has 0 fully saturated rings. The molecule has 0 aliphatic carbocycles. The first-order valence-electron chi connectivity index (χ1n) is 10.6. The van der Waals surface area contributed by atoms with E-state index in [0.717, 1.165) is 5.56 Å². The Balaban J connectivity index is 1.60. The number of nitrogens with one attached hydrogen (secondary N) is 2. The van der Waals surface area contributed by atoms with Crippen molar-refractivity contribution in [3.8, 4) is 0 Å². The molecule has 0 aliphatic rings. The summed E-state index contributed by atoms with van der Waals surface area (Å²) in [6, 6.07) is 15.9. The van der Waals surface area contributed by atoms with Crippen molar-refractivity contribution >= 4 is 46.5 Å². The molecule has 8 heteroatoms. The molecule has 2 N–H and O–H groups in total. The number of benzene rings is 2. The number of ether oxygens (including phenoxy) is 1. The third-order valence-corrected chi connectivity index (χ3v) is 5.68. The monoisotopic (exact) mass is 486 g/mol. The molecule has 1 aromatic heterocycles. The van der Waals surface area contributed by atoms with E-state index < -0.39 is 5.97 Å². The number of aromatic nitrogens is 1. The number of halogens is 2. The Morgan fingerprint density at radius 1 is 1.03 bits per heavy atom. The van der Waals surface area contributed by atoms with Gasteiger partial charge in [-0.25, -0.2) is 4.57 Å². The minimum Gasteiger partial charge on any atom is -0.463 e. The van der Waals surface area contributed by atoms with E-state index in [0.29, 0.717) is 33.4 Å². The van der Waals surface area contributed by atoms with Crippen molar-refractivity contribution in [2.24, 2.45) is 7.05 Å². The van der Waals surface area contributed by atoms with Gasteiger partial charge in [0.15, 0.2) is 12.4 Å². The van der Waals surface area contributed by atoms with E-state index in [2.05, 4.69) is 10.6 Å². The molecule has 172 valence electrons. The highest BCUT2D eigenvalue weighted by atomic mass is 35.5. The lowest BCUT2D eigenvalue weighted by molar-refractivity contribution is -0.671. The number of hydrogen-bond donors (Lipinski definition) is 2. The summed E-state index contributed by atoms with van der Waals surface area (Å²) in [6.45, 7) is 2.02. The Morgan fingerprint density at radius 2 is 1.76 bits per heavy atom. The number of carbonyl (C=O) groups excluding carboxylic acids is 2. The Labute approximate surface area is 203 Å². The fraction of sp³-hybridized carbons (Fsp3) is 0.240. The number of carbonyl (C=O) groups is 2. The van der Waals surface area contributed by atoms with E-state index in [9.17, 15) is 9.59 Å². The van der Waals surface area contributed by atoms with Gasteiger partial charge in [-0.2, -0.15) is 0 Å². The van der Waals surface area contributed by atoms with Gasteiger partial charge in [0.05, 0.1) is 28.2 Å². The quantitative estimate of drug-likeness (QED) is 0.334. The van der Waals surface area contributed by atoms with Gasteiger partial charge in [0.25, 0.3) is 5.91 Å². The third-order valence-electron chi connectivity index (χ3n) is 5.05. The van der Waals surface area contributed by atoms with Crippen LogP contribution in [0.15, 0.2) is 67.0 Å². The molecule has 33 heavy (non-hydrogen) atoms. The van der Waals surface area contributed by atoms with Gasteiger partial charge in [0.2, 0.25) is 0 Å². The van der Waals surface area contributed by atoms with Crippen molar-refractivity contribution in [2.75, 3.05) is 11.9 Å². The topological polar surface area (TPSA) is 71.3 Å². The summed E-state index contributed by atoms with van der Waals surface area (Å²) in [5, 5.41) is 7.08. The number of amides is 1. The lowest BCUT2D eigenvalue weighted by atomic mass is 10.1. The van der Waals surface area contributed by atoms with Crippen molar-refractivity contribution in [1.29, 1.82) is 0 Å². The average Bonchev–Trinajstić information content (AvgIpc) is 2.80. The van der Waals surface area contributed by atoms with E-state index in [1.54, 1.807) is 41.1 Å². The minimum atomic E-state index is -0.395. The average molecular weight is 487 g/mol. The van der Waals surface area contributed by atoms with Crippen LogP contribution in [0.4, 0.5) is 11.4 Å². The first-order valence-corrected chi connectivity index (χ1v) is 11.3. The maximum atomic E-state index is 12.6. The predicted molar refractivity (Wildman–Crippen MR) is 130 cm³/mol. The number of nitrogens with zero attached hydrogens (tertiary/aromatic N) is 1. The molecule has 6 nitrogen and oxygen atoms in total. The van der Waals surface area contributed by atoms with Crippen LogP contribution in [0.3, 0.4) is 0 Å².